The van der Waals surface area contributed by atoms with Gasteiger partial charge in [-0.15, -0.1) is 0 Å². The van der Waals surface area contributed by atoms with E-state index in [0.717, 1.165) is 18.1 Å². The van der Waals surface area contributed by atoms with Crippen LogP contribution in [0.5, 0.6) is 0 Å². The minimum Gasteiger partial charge on any atom is -0.463 e. The maximum Gasteiger partial charge on any atom is 0.330 e. The molecule has 1 aliphatic heterocycles. The number of rotatable bonds is 15. The van der Waals surface area contributed by atoms with E-state index in [1.54, 1.807) is 6.92 Å². The maximum absolute atomic E-state index is 11.6. The second-order valence-corrected chi connectivity index (χ2v) is 13.6. The minimum absolute atomic E-state index is 0.0551. The van der Waals surface area contributed by atoms with Crippen LogP contribution in [0.4, 0.5) is 0 Å². The summed E-state index contributed by atoms with van der Waals surface area (Å²) in [6.45, 7) is 14.6. The van der Waals surface area contributed by atoms with Crippen LogP contribution in [-0.4, -0.2) is 45.8 Å². The number of carbonyl (C=O) groups excluding carboxylic acids is 1. The molecule has 0 saturated carbocycles. The number of benzene rings is 1. The van der Waals surface area contributed by atoms with Gasteiger partial charge < -0.3 is 18.6 Å². The van der Waals surface area contributed by atoms with Gasteiger partial charge in [0.25, 0.3) is 0 Å². The Morgan fingerprint density at radius 3 is 2.34 bits per heavy atom. The highest BCUT2D eigenvalue weighted by Crippen LogP contribution is 2.38. The molecule has 1 aromatic rings. The number of epoxide rings is 1. The molecule has 6 heteroatoms. The molecule has 0 amide bonds. The summed E-state index contributed by atoms with van der Waals surface area (Å²) >= 11 is 0. The van der Waals surface area contributed by atoms with Gasteiger partial charge in [0.1, 0.15) is 6.10 Å². The Bertz CT molecular complexity index is 695. The van der Waals surface area contributed by atoms with Crippen LogP contribution in [0.15, 0.2) is 42.5 Å². The molecule has 1 aliphatic rings. The summed E-state index contributed by atoms with van der Waals surface area (Å²) < 4.78 is 24.0. The number of ether oxygens (including phenoxy) is 3. The van der Waals surface area contributed by atoms with Crippen molar-refractivity contribution in [1.82, 2.24) is 0 Å². The fourth-order valence-electron chi connectivity index (χ4n) is 4.33. The van der Waals surface area contributed by atoms with Crippen molar-refractivity contribution in [3.05, 3.63) is 48.0 Å². The first-order chi connectivity index (χ1) is 15.4. The van der Waals surface area contributed by atoms with Gasteiger partial charge in [-0.05, 0) is 36.7 Å². The molecule has 0 radical (unpaired) electrons. The van der Waals surface area contributed by atoms with Crippen LogP contribution in [0.2, 0.25) is 18.1 Å². The third-order valence-electron chi connectivity index (χ3n) is 6.68. The quantitative estimate of drug-likeness (QED) is 0.144. The van der Waals surface area contributed by atoms with Crippen LogP contribution < -0.4 is 0 Å². The summed E-state index contributed by atoms with van der Waals surface area (Å²) in [7, 11) is -1.80. The second-order valence-electron chi connectivity index (χ2n) is 8.84. The first-order valence-electron chi connectivity index (χ1n) is 12.2. The van der Waals surface area contributed by atoms with Gasteiger partial charge >= 0.3 is 5.97 Å². The van der Waals surface area contributed by atoms with Crippen molar-refractivity contribution in [3.8, 4) is 0 Å². The lowest BCUT2D eigenvalue weighted by Gasteiger charge is -2.38. The highest BCUT2D eigenvalue weighted by Gasteiger charge is 2.47. The van der Waals surface area contributed by atoms with Gasteiger partial charge in [-0.1, -0.05) is 65.0 Å². The molecule has 0 aliphatic carbocycles. The third-order valence-corrected chi connectivity index (χ3v) is 11.3. The number of hydrogen-bond acceptors (Lipinski definition) is 5. The lowest BCUT2D eigenvalue weighted by Crippen LogP contribution is -2.46. The molecular formula is C26H42O5Si. The van der Waals surface area contributed by atoms with Gasteiger partial charge in [0.05, 0.1) is 32.0 Å². The van der Waals surface area contributed by atoms with Crippen LogP contribution in [0.3, 0.4) is 0 Å². The van der Waals surface area contributed by atoms with Crippen molar-refractivity contribution < 1.29 is 23.4 Å². The summed E-state index contributed by atoms with van der Waals surface area (Å²) in [6, 6.07) is 13.6. The van der Waals surface area contributed by atoms with Crippen molar-refractivity contribution in [2.45, 2.75) is 84.6 Å². The minimum atomic E-state index is -1.80. The van der Waals surface area contributed by atoms with E-state index in [1.165, 1.54) is 11.6 Å². The van der Waals surface area contributed by atoms with Gasteiger partial charge in [-0.3, -0.25) is 0 Å². The highest BCUT2D eigenvalue weighted by molar-refractivity contribution is 6.73. The average molecular weight is 463 g/mol. The van der Waals surface area contributed by atoms with Gasteiger partial charge in [-0.2, -0.15) is 0 Å². The number of carbonyl (C=O) groups is 1. The predicted molar refractivity (Wildman–Crippen MR) is 131 cm³/mol. The Kier molecular flexibility index (Phi) is 11.1. The Balaban J connectivity index is 2.04. The molecule has 0 N–H and O–H groups in total. The maximum atomic E-state index is 11.6. The molecule has 1 aromatic carbocycles. The van der Waals surface area contributed by atoms with E-state index in [0.29, 0.717) is 19.8 Å². The Morgan fingerprint density at radius 2 is 1.75 bits per heavy atom. The molecule has 0 bridgehead atoms. The van der Waals surface area contributed by atoms with E-state index in [2.05, 4.69) is 46.8 Å². The summed E-state index contributed by atoms with van der Waals surface area (Å²) in [5.74, 6) is 0.127. The van der Waals surface area contributed by atoms with Crippen LogP contribution in [0, 0.1) is 11.8 Å². The van der Waals surface area contributed by atoms with Crippen LogP contribution in [0.25, 0.3) is 0 Å². The molecule has 0 unspecified atom stereocenters. The smallest absolute Gasteiger partial charge is 0.330 e. The molecule has 0 aromatic heterocycles. The van der Waals surface area contributed by atoms with Crippen molar-refractivity contribution in [3.63, 3.8) is 0 Å². The monoisotopic (exact) mass is 462 g/mol. The van der Waals surface area contributed by atoms with Crippen molar-refractivity contribution in [2.75, 3.05) is 13.2 Å². The first-order valence-corrected chi connectivity index (χ1v) is 14.7. The highest BCUT2D eigenvalue weighted by atomic mass is 28.4. The lowest BCUT2D eigenvalue weighted by molar-refractivity contribution is -0.137. The van der Waals surface area contributed by atoms with Crippen molar-refractivity contribution in [2.24, 2.45) is 11.8 Å². The molecule has 32 heavy (non-hydrogen) atoms. The molecule has 1 heterocycles. The molecule has 1 saturated heterocycles. The van der Waals surface area contributed by atoms with E-state index >= 15 is 0 Å². The van der Waals surface area contributed by atoms with E-state index in [-0.39, 0.29) is 36.1 Å². The van der Waals surface area contributed by atoms with Gasteiger partial charge in [0, 0.05) is 17.9 Å². The second kappa shape index (κ2) is 13.3. The van der Waals surface area contributed by atoms with E-state index in [9.17, 15) is 4.79 Å². The zero-order valence-electron chi connectivity index (χ0n) is 20.7. The molecular weight excluding hydrogens is 420 g/mol. The standard InChI is InChI=1S/C26H42O5Si/c1-7-29-24(27)17-16-23-26(30-23)21(6)25(31-32(8-2,9-3)10-4)20(5)18-28-19-22-14-12-11-13-15-22/h11-17,20-21,23,25-26H,7-10,18-19H2,1-6H3/b17-16+/t20-,21-,23+,25-,26+/m0/s1. The molecule has 0 spiro atoms. The molecule has 5 nitrogen and oxygen atoms in total. The first kappa shape index (κ1) is 26.8. The van der Waals surface area contributed by atoms with Gasteiger partial charge in [-0.25, -0.2) is 4.79 Å². The summed E-state index contributed by atoms with van der Waals surface area (Å²) in [6.07, 6.45) is 3.35. The number of esters is 1. The topological polar surface area (TPSA) is 57.3 Å². The summed E-state index contributed by atoms with van der Waals surface area (Å²) in [5.41, 5.74) is 1.18. The SMILES string of the molecule is CCOC(=O)/C=C/[C@H]1O[C@@H]1[C@@H](C)[C@@H](O[Si](CC)(CC)CC)[C@@H](C)COCc1ccccc1. The normalized spacial score (nSPS) is 21.3. The molecule has 180 valence electrons. The zero-order chi connectivity index (χ0) is 23.6. The average Bonchev–Trinajstić information content (AvgIpc) is 3.59. The van der Waals surface area contributed by atoms with Crippen molar-refractivity contribution in [1.29, 1.82) is 0 Å². The fraction of sp³-hybridized carbons (Fsp3) is 0.654. The van der Waals surface area contributed by atoms with Crippen molar-refractivity contribution >= 4 is 14.3 Å². The number of hydrogen-bond donors (Lipinski definition) is 0. The van der Waals surface area contributed by atoms with E-state index in [1.807, 2.05) is 24.3 Å². The summed E-state index contributed by atoms with van der Waals surface area (Å²) in [4.78, 5) is 11.6. The lowest BCUT2D eigenvalue weighted by atomic mass is 9.90. The van der Waals surface area contributed by atoms with Gasteiger partial charge in [0.15, 0.2) is 8.32 Å². The Hall–Kier alpha value is -1.47. The Morgan fingerprint density at radius 1 is 1.09 bits per heavy atom. The Labute approximate surface area is 195 Å². The van der Waals surface area contributed by atoms with Crippen LogP contribution in [0.1, 0.15) is 47.1 Å². The van der Waals surface area contributed by atoms with E-state index < -0.39 is 8.32 Å². The summed E-state index contributed by atoms with van der Waals surface area (Å²) in [5, 5.41) is 0. The molecule has 5 atom stereocenters. The van der Waals surface area contributed by atoms with E-state index in [4.69, 9.17) is 18.6 Å². The third kappa shape index (κ3) is 7.83. The molecule has 2 rings (SSSR count). The fourth-order valence-corrected chi connectivity index (χ4v) is 7.35. The largest absolute Gasteiger partial charge is 0.463 e. The molecule has 1 fully saturated rings. The van der Waals surface area contributed by atoms with Gasteiger partial charge in [0.2, 0.25) is 0 Å². The predicted octanol–water partition coefficient (Wildman–Crippen LogP) is 5.75. The zero-order valence-corrected chi connectivity index (χ0v) is 21.7. The van der Waals surface area contributed by atoms with Crippen LogP contribution >= 0.6 is 0 Å². The van der Waals surface area contributed by atoms with Crippen LogP contribution in [-0.2, 0) is 30.0 Å².